The molecule has 0 aromatic rings. The Morgan fingerprint density at radius 2 is 2.15 bits per heavy atom. The third kappa shape index (κ3) is 3.94. The molecule has 0 aromatic carbocycles. The van der Waals surface area contributed by atoms with Crippen molar-refractivity contribution in [3.05, 3.63) is 12.3 Å². The lowest BCUT2D eigenvalue weighted by Gasteiger charge is -2.28. The molecule has 1 aliphatic heterocycles. The fourth-order valence-corrected chi connectivity index (χ4v) is 1.43. The summed E-state index contributed by atoms with van der Waals surface area (Å²) in [6.45, 7) is 2.16. The Balaban J connectivity index is 2.19. The summed E-state index contributed by atoms with van der Waals surface area (Å²) in [5.41, 5.74) is 0. The molecule has 1 rings (SSSR count). The molecule has 0 bridgehead atoms. The van der Waals surface area contributed by atoms with Crippen LogP contribution in [0.5, 0.6) is 0 Å². The summed E-state index contributed by atoms with van der Waals surface area (Å²) in [6.07, 6.45) is 4.83. The largest absolute Gasteiger partial charge is 0.478 e. The van der Waals surface area contributed by atoms with Gasteiger partial charge in [0.2, 0.25) is 0 Å². The smallest absolute Gasteiger partial charge is 0.329 e. The summed E-state index contributed by atoms with van der Waals surface area (Å²) < 4.78 is 0. The second kappa shape index (κ2) is 4.87. The minimum Gasteiger partial charge on any atom is -0.478 e. The predicted octanol–water partition coefficient (Wildman–Crippen LogP) is 0.268. The molecule has 2 N–H and O–H groups in total. The maximum atomic E-state index is 10.2. The molecule has 0 unspecified atom stereocenters. The first kappa shape index (κ1) is 10.1. The Bertz CT molecular complexity index is 196. The molecule has 1 saturated heterocycles. The number of aliphatic carboxylic acids is 1. The summed E-state index contributed by atoms with van der Waals surface area (Å²) in [4.78, 5) is 12.4. The number of hydrogen-bond donors (Lipinski definition) is 2. The molecular formula is C9H16N2O2. The van der Waals surface area contributed by atoms with Gasteiger partial charge in [-0.2, -0.15) is 0 Å². The van der Waals surface area contributed by atoms with E-state index in [1.807, 2.05) is 0 Å². The average molecular weight is 184 g/mol. The van der Waals surface area contributed by atoms with E-state index >= 15 is 0 Å². The van der Waals surface area contributed by atoms with E-state index in [0.29, 0.717) is 6.04 Å². The molecule has 74 valence electrons. The van der Waals surface area contributed by atoms with Crippen LogP contribution in [0.3, 0.4) is 0 Å². The van der Waals surface area contributed by atoms with Gasteiger partial charge in [-0.15, -0.1) is 0 Å². The Morgan fingerprint density at radius 3 is 2.69 bits per heavy atom. The van der Waals surface area contributed by atoms with Crippen molar-refractivity contribution in [2.45, 2.75) is 18.9 Å². The second-order valence-corrected chi connectivity index (χ2v) is 3.42. The minimum absolute atomic E-state index is 0.437. The zero-order chi connectivity index (χ0) is 9.68. The highest BCUT2D eigenvalue weighted by Gasteiger charge is 2.14. The lowest BCUT2D eigenvalue weighted by Crippen LogP contribution is -2.38. The third-order valence-corrected chi connectivity index (χ3v) is 2.28. The second-order valence-electron chi connectivity index (χ2n) is 3.42. The van der Waals surface area contributed by atoms with E-state index in [1.165, 1.54) is 6.20 Å². The van der Waals surface area contributed by atoms with E-state index < -0.39 is 5.97 Å². The van der Waals surface area contributed by atoms with Crippen LogP contribution in [-0.4, -0.2) is 42.2 Å². The van der Waals surface area contributed by atoms with Crippen LogP contribution in [-0.2, 0) is 4.79 Å². The quantitative estimate of drug-likeness (QED) is 0.618. The zero-order valence-electron chi connectivity index (χ0n) is 7.86. The van der Waals surface area contributed by atoms with Gasteiger partial charge in [-0.05, 0) is 33.0 Å². The van der Waals surface area contributed by atoms with Crippen LogP contribution < -0.4 is 5.32 Å². The van der Waals surface area contributed by atoms with Crippen molar-refractivity contribution < 1.29 is 9.90 Å². The first-order chi connectivity index (χ1) is 6.18. The Hall–Kier alpha value is -1.03. The van der Waals surface area contributed by atoms with Crippen molar-refractivity contribution >= 4 is 5.97 Å². The monoisotopic (exact) mass is 184 g/mol. The van der Waals surface area contributed by atoms with Crippen LogP contribution in [0.2, 0.25) is 0 Å². The SMILES string of the molecule is CN1CCC(N/C=C/C(=O)O)CC1. The lowest BCUT2D eigenvalue weighted by atomic mass is 10.1. The van der Waals surface area contributed by atoms with Gasteiger partial charge in [0.1, 0.15) is 0 Å². The molecule has 4 heteroatoms. The number of rotatable bonds is 3. The summed E-state index contributed by atoms with van der Waals surface area (Å²) in [5.74, 6) is -0.902. The molecule has 1 heterocycles. The van der Waals surface area contributed by atoms with Gasteiger partial charge in [-0.1, -0.05) is 0 Å². The fraction of sp³-hybridized carbons (Fsp3) is 0.667. The third-order valence-electron chi connectivity index (χ3n) is 2.28. The van der Waals surface area contributed by atoms with Crippen LogP contribution in [0.25, 0.3) is 0 Å². The molecule has 13 heavy (non-hydrogen) atoms. The number of nitrogens with one attached hydrogen (secondary N) is 1. The highest BCUT2D eigenvalue weighted by Crippen LogP contribution is 2.07. The van der Waals surface area contributed by atoms with Gasteiger partial charge in [0.05, 0.1) is 0 Å². The summed E-state index contributed by atoms with van der Waals surface area (Å²) >= 11 is 0. The standard InChI is InChI=1S/C9H16N2O2/c1-11-6-3-8(4-7-11)10-5-2-9(12)13/h2,5,8,10H,3-4,6-7H2,1H3,(H,12,13)/b5-2+. The number of likely N-dealkylation sites (tertiary alicyclic amines) is 1. The molecule has 1 fully saturated rings. The fourth-order valence-electron chi connectivity index (χ4n) is 1.43. The number of carboxylic acid groups (broad SMARTS) is 1. The minimum atomic E-state index is -0.902. The Kier molecular flexibility index (Phi) is 3.76. The van der Waals surface area contributed by atoms with Crippen LogP contribution in [0.15, 0.2) is 12.3 Å². The van der Waals surface area contributed by atoms with Crippen molar-refractivity contribution in [2.75, 3.05) is 20.1 Å². The number of hydrogen-bond acceptors (Lipinski definition) is 3. The number of carbonyl (C=O) groups is 1. The number of carboxylic acids is 1. The first-order valence-corrected chi connectivity index (χ1v) is 4.52. The van der Waals surface area contributed by atoms with Gasteiger partial charge < -0.3 is 15.3 Å². The molecule has 0 saturated carbocycles. The van der Waals surface area contributed by atoms with Crippen molar-refractivity contribution in [3.63, 3.8) is 0 Å². The number of piperidine rings is 1. The zero-order valence-corrected chi connectivity index (χ0v) is 7.86. The van der Waals surface area contributed by atoms with Crippen LogP contribution in [0.4, 0.5) is 0 Å². The van der Waals surface area contributed by atoms with E-state index in [9.17, 15) is 4.79 Å². The highest BCUT2D eigenvalue weighted by molar-refractivity contribution is 5.79. The molecule has 0 aromatic heterocycles. The topological polar surface area (TPSA) is 52.6 Å². The molecular weight excluding hydrogens is 168 g/mol. The molecule has 0 amide bonds. The van der Waals surface area contributed by atoms with Crippen molar-refractivity contribution in [1.82, 2.24) is 10.2 Å². The van der Waals surface area contributed by atoms with Gasteiger partial charge in [-0.25, -0.2) is 4.79 Å². The first-order valence-electron chi connectivity index (χ1n) is 4.52. The van der Waals surface area contributed by atoms with E-state index in [2.05, 4.69) is 17.3 Å². The molecule has 0 radical (unpaired) electrons. The van der Waals surface area contributed by atoms with Crippen LogP contribution >= 0.6 is 0 Å². The van der Waals surface area contributed by atoms with E-state index in [1.54, 1.807) is 0 Å². The predicted molar refractivity (Wildman–Crippen MR) is 50.4 cm³/mol. The van der Waals surface area contributed by atoms with Gasteiger partial charge in [-0.3, -0.25) is 0 Å². The van der Waals surface area contributed by atoms with Crippen LogP contribution in [0, 0.1) is 0 Å². The average Bonchev–Trinajstić information content (AvgIpc) is 2.08. The van der Waals surface area contributed by atoms with E-state index in [0.717, 1.165) is 32.0 Å². The molecule has 0 spiro atoms. The van der Waals surface area contributed by atoms with Gasteiger partial charge in [0.25, 0.3) is 0 Å². The Labute approximate surface area is 78.2 Å². The molecule has 4 nitrogen and oxygen atoms in total. The maximum absolute atomic E-state index is 10.2. The number of nitrogens with zero attached hydrogens (tertiary/aromatic N) is 1. The van der Waals surface area contributed by atoms with E-state index in [4.69, 9.17) is 5.11 Å². The summed E-state index contributed by atoms with van der Waals surface area (Å²) in [6, 6.07) is 0.437. The summed E-state index contributed by atoms with van der Waals surface area (Å²) in [7, 11) is 2.10. The highest BCUT2D eigenvalue weighted by atomic mass is 16.4. The van der Waals surface area contributed by atoms with E-state index in [-0.39, 0.29) is 0 Å². The molecule has 0 aliphatic carbocycles. The molecule has 1 aliphatic rings. The van der Waals surface area contributed by atoms with Gasteiger partial charge >= 0.3 is 5.97 Å². The summed E-state index contributed by atoms with van der Waals surface area (Å²) in [5, 5.41) is 11.4. The van der Waals surface area contributed by atoms with Crippen molar-refractivity contribution in [2.24, 2.45) is 0 Å². The van der Waals surface area contributed by atoms with Crippen LogP contribution in [0.1, 0.15) is 12.8 Å². The van der Waals surface area contributed by atoms with Gasteiger partial charge in [0, 0.05) is 18.3 Å². The molecule has 0 atom stereocenters. The van der Waals surface area contributed by atoms with Crippen molar-refractivity contribution in [3.8, 4) is 0 Å². The maximum Gasteiger partial charge on any atom is 0.329 e. The Morgan fingerprint density at radius 1 is 1.54 bits per heavy atom. The van der Waals surface area contributed by atoms with Gasteiger partial charge in [0.15, 0.2) is 0 Å². The van der Waals surface area contributed by atoms with Crippen molar-refractivity contribution in [1.29, 1.82) is 0 Å². The normalized spacial score (nSPS) is 20.7. The lowest BCUT2D eigenvalue weighted by molar-refractivity contribution is -0.131.